The van der Waals surface area contributed by atoms with Gasteiger partial charge < -0.3 is 14.9 Å². The summed E-state index contributed by atoms with van der Waals surface area (Å²) in [5.41, 5.74) is 0.508. The van der Waals surface area contributed by atoms with Gasteiger partial charge in [0.1, 0.15) is 0 Å². The summed E-state index contributed by atoms with van der Waals surface area (Å²) < 4.78 is 0. The maximum absolute atomic E-state index is 12.3. The summed E-state index contributed by atoms with van der Waals surface area (Å²) in [5.74, 6) is -1.14. The third kappa shape index (κ3) is 2.50. The summed E-state index contributed by atoms with van der Waals surface area (Å²) in [5, 5.41) is 8.86. The van der Waals surface area contributed by atoms with Crippen molar-refractivity contribution >= 4 is 12.0 Å². The van der Waals surface area contributed by atoms with Crippen molar-refractivity contribution in [2.75, 3.05) is 26.2 Å². The molecule has 2 aliphatic heterocycles. The lowest BCUT2D eigenvalue weighted by molar-refractivity contribution is -0.146. The maximum atomic E-state index is 12.3. The number of carboxylic acid groups (broad SMARTS) is 1. The van der Waals surface area contributed by atoms with E-state index < -0.39 is 5.97 Å². The quantitative estimate of drug-likeness (QED) is 0.800. The van der Waals surface area contributed by atoms with E-state index in [4.69, 9.17) is 5.11 Å². The lowest BCUT2D eigenvalue weighted by Gasteiger charge is -2.47. The predicted molar refractivity (Wildman–Crippen MR) is 74.4 cm³/mol. The van der Waals surface area contributed by atoms with Crippen LogP contribution in [0.4, 0.5) is 4.79 Å². The van der Waals surface area contributed by atoms with Crippen molar-refractivity contribution in [3.63, 3.8) is 0 Å². The molecule has 0 unspecified atom stereocenters. The van der Waals surface area contributed by atoms with E-state index in [1.165, 1.54) is 32.1 Å². The zero-order chi connectivity index (χ0) is 14.2. The van der Waals surface area contributed by atoms with Gasteiger partial charge in [0.25, 0.3) is 0 Å². The Hall–Kier alpha value is -1.26. The van der Waals surface area contributed by atoms with Crippen molar-refractivity contribution < 1.29 is 14.7 Å². The van der Waals surface area contributed by atoms with Gasteiger partial charge in [0, 0.05) is 26.2 Å². The Morgan fingerprint density at radius 1 is 0.900 bits per heavy atom. The molecule has 5 heteroatoms. The number of rotatable bonds is 1. The van der Waals surface area contributed by atoms with Crippen LogP contribution in [0.1, 0.15) is 44.9 Å². The SMILES string of the molecule is O=C(O)C1CN(C(=O)N2CCC3(CCCCC3)CC2)C1. The van der Waals surface area contributed by atoms with Gasteiger partial charge in [0.15, 0.2) is 0 Å². The van der Waals surface area contributed by atoms with E-state index in [0.717, 1.165) is 25.9 Å². The van der Waals surface area contributed by atoms with E-state index in [9.17, 15) is 9.59 Å². The number of amides is 2. The number of piperidine rings is 1. The molecule has 20 heavy (non-hydrogen) atoms. The second-order valence-corrected chi connectivity index (χ2v) is 6.77. The number of nitrogens with zero attached hydrogens (tertiary/aromatic N) is 2. The summed E-state index contributed by atoms with van der Waals surface area (Å²) in [6.07, 6.45) is 9.00. The van der Waals surface area contributed by atoms with Gasteiger partial charge in [0.2, 0.25) is 0 Å². The molecule has 112 valence electrons. The van der Waals surface area contributed by atoms with E-state index in [1.54, 1.807) is 4.90 Å². The van der Waals surface area contributed by atoms with Gasteiger partial charge in [-0.3, -0.25) is 4.79 Å². The zero-order valence-electron chi connectivity index (χ0n) is 12.0. The van der Waals surface area contributed by atoms with Crippen LogP contribution in [0.5, 0.6) is 0 Å². The third-order valence-corrected chi connectivity index (χ3v) is 5.51. The van der Waals surface area contributed by atoms with Gasteiger partial charge in [-0.15, -0.1) is 0 Å². The van der Waals surface area contributed by atoms with E-state index in [2.05, 4.69) is 0 Å². The highest BCUT2D eigenvalue weighted by Gasteiger charge is 2.41. The molecule has 1 saturated carbocycles. The van der Waals surface area contributed by atoms with Crippen molar-refractivity contribution in [3.05, 3.63) is 0 Å². The fourth-order valence-corrected chi connectivity index (χ4v) is 3.97. The molecule has 1 aliphatic carbocycles. The highest BCUT2D eigenvalue weighted by atomic mass is 16.4. The Balaban J connectivity index is 1.48. The Labute approximate surface area is 119 Å². The van der Waals surface area contributed by atoms with Crippen LogP contribution >= 0.6 is 0 Å². The average molecular weight is 280 g/mol. The topological polar surface area (TPSA) is 60.9 Å². The van der Waals surface area contributed by atoms with Crippen molar-refractivity contribution in [2.45, 2.75) is 44.9 Å². The van der Waals surface area contributed by atoms with E-state index >= 15 is 0 Å². The van der Waals surface area contributed by atoms with Gasteiger partial charge >= 0.3 is 12.0 Å². The summed E-state index contributed by atoms with van der Waals surface area (Å²) >= 11 is 0. The molecule has 2 heterocycles. The van der Waals surface area contributed by atoms with Crippen molar-refractivity contribution in [1.29, 1.82) is 0 Å². The Morgan fingerprint density at radius 2 is 1.50 bits per heavy atom. The van der Waals surface area contributed by atoms with Gasteiger partial charge in [-0.25, -0.2) is 4.79 Å². The van der Waals surface area contributed by atoms with Crippen LogP contribution in [-0.4, -0.2) is 53.1 Å². The molecule has 0 radical (unpaired) electrons. The Kier molecular flexibility index (Phi) is 3.61. The number of carbonyl (C=O) groups is 2. The predicted octanol–water partition coefficient (Wildman–Crippen LogP) is 2.17. The first kappa shape index (κ1) is 13.7. The molecule has 0 aromatic heterocycles. The normalized spacial score (nSPS) is 26.4. The smallest absolute Gasteiger partial charge is 0.320 e. The molecule has 0 aromatic rings. The number of hydrogen-bond donors (Lipinski definition) is 1. The number of urea groups is 1. The first-order valence-corrected chi connectivity index (χ1v) is 7.86. The summed E-state index contributed by atoms with van der Waals surface area (Å²) in [6, 6.07) is 0.0492. The highest BCUT2D eigenvalue weighted by molar-refractivity contribution is 5.79. The fourth-order valence-electron chi connectivity index (χ4n) is 3.97. The second kappa shape index (κ2) is 5.26. The Morgan fingerprint density at radius 3 is 2.05 bits per heavy atom. The number of hydrogen-bond acceptors (Lipinski definition) is 2. The van der Waals surface area contributed by atoms with Crippen LogP contribution in [0.15, 0.2) is 0 Å². The van der Waals surface area contributed by atoms with Crippen molar-refractivity contribution in [2.24, 2.45) is 11.3 Å². The van der Waals surface area contributed by atoms with Gasteiger partial charge in [-0.05, 0) is 31.1 Å². The number of likely N-dealkylation sites (tertiary alicyclic amines) is 2. The summed E-state index contributed by atoms with van der Waals surface area (Å²) in [6.45, 7) is 2.48. The van der Waals surface area contributed by atoms with E-state index in [1.807, 2.05) is 4.90 Å². The minimum Gasteiger partial charge on any atom is -0.481 e. The Bertz CT molecular complexity index is 388. The van der Waals surface area contributed by atoms with Crippen LogP contribution in [0.2, 0.25) is 0 Å². The molecule has 3 rings (SSSR count). The maximum Gasteiger partial charge on any atom is 0.320 e. The molecule has 0 bridgehead atoms. The van der Waals surface area contributed by atoms with E-state index in [-0.39, 0.29) is 11.9 Å². The standard InChI is InChI=1S/C15H24N2O3/c18-13(19)12-10-17(11-12)14(20)16-8-6-15(7-9-16)4-2-1-3-5-15/h12H,1-11H2,(H,18,19). The molecule has 2 saturated heterocycles. The van der Waals surface area contributed by atoms with Crippen LogP contribution < -0.4 is 0 Å². The van der Waals surface area contributed by atoms with Crippen LogP contribution in [0.25, 0.3) is 0 Å². The second-order valence-electron chi connectivity index (χ2n) is 6.77. The van der Waals surface area contributed by atoms with Crippen molar-refractivity contribution in [1.82, 2.24) is 9.80 Å². The fraction of sp³-hybridized carbons (Fsp3) is 0.867. The lowest BCUT2D eigenvalue weighted by atomic mass is 9.68. The van der Waals surface area contributed by atoms with Crippen molar-refractivity contribution in [3.8, 4) is 0 Å². The number of carbonyl (C=O) groups excluding carboxylic acids is 1. The third-order valence-electron chi connectivity index (χ3n) is 5.51. The van der Waals surface area contributed by atoms with Crippen LogP contribution in [-0.2, 0) is 4.79 Å². The summed E-state index contributed by atoms with van der Waals surface area (Å²) in [7, 11) is 0. The molecular weight excluding hydrogens is 256 g/mol. The monoisotopic (exact) mass is 280 g/mol. The molecule has 3 fully saturated rings. The average Bonchev–Trinajstić information content (AvgIpc) is 2.38. The summed E-state index contributed by atoms with van der Waals surface area (Å²) in [4.78, 5) is 26.7. The van der Waals surface area contributed by atoms with Crippen LogP contribution in [0.3, 0.4) is 0 Å². The van der Waals surface area contributed by atoms with Gasteiger partial charge in [0.05, 0.1) is 5.92 Å². The van der Waals surface area contributed by atoms with E-state index in [0.29, 0.717) is 18.5 Å². The first-order chi connectivity index (χ1) is 9.60. The zero-order valence-corrected chi connectivity index (χ0v) is 12.0. The molecule has 2 amide bonds. The molecule has 0 atom stereocenters. The molecule has 1 N–H and O–H groups in total. The highest BCUT2D eigenvalue weighted by Crippen LogP contribution is 2.44. The lowest BCUT2D eigenvalue weighted by Crippen LogP contribution is -2.58. The number of aliphatic carboxylic acids is 1. The molecule has 0 aromatic carbocycles. The molecule has 3 aliphatic rings. The molecular formula is C15H24N2O3. The largest absolute Gasteiger partial charge is 0.481 e. The minimum atomic E-state index is -0.783. The van der Waals surface area contributed by atoms with Crippen LogP contribution in [0, 0.1) is 11.3 Å². The molecule has 1 spiro atoms. The number of carboxylic acids is 1. The molecule has 5 nitrogen and oxygen atoms in total. The van der Waals surface area contributed by atoms with Gasteiger partial charge in [-0.2, -0.15) is 0 Å². The van der Waals surface area contributed by atoms with Gasteiger partial charge in [-0.1, -0.05) is 19.3 Å². The first-order valence-electron chi connectivity index (χ1n) is 7.86. The minimum absolute atomic E-state index is 0.0492.